The Hall–Kier alpha value is -1.51. The summed E-state index contributed by atoms with van der Waals surface area (Å²) in [5.74, 6) is 0.307. The van der Waals surface area contributed by atoms with Crippen LogP contribution in [-0.2, 0) is 10.2 Å². The van der Waals surface area contributed by atoms with Crippen LogP contribution in [0.3, 0.4) is 0 Å². The Morgan fingerprint density at radius 1 is 1.20 bits per heavy atom. The average molecular weight is 206 g/mol. The molecule has 0 N–H and O–H groups in total. The van der Waals surface area contributed by atoms with Crippen LogP contribution in [0.4, 0.5) is 0 Å². The number of fused-ring (bicyclic) bond motifs is 1. The van der Waals surface area contributed by atoms with E-state index >= 15 is 0 Å². The number of hydrogen-bond acceptors (Lipinski definition) is 3. The van der Waals surface area contributed by atoms with Crippen molar-refractivity contribution in [1.29, 1.82) is 0 Å². The third-order valence-corrected chi connectivity index (χ3v) is 2.47. The third kappa shape index (κ3) is 1.82. The lowest BCUT2D eigenvalue weighted by molar-refractivity contribution is 0.00487. The van der Waals surface area contributed by atoms with E-state index in [0.717, 1.165) is 5.56 Å². The fourth-order valence-corrected chi connectivity index (χ4v) is 1.51. The smallest absolute Gasteiger partial charge is 0.344 e. The van der Waals surface area contributed by atoms with Crippen molar-refractivity contribution in [2.45, 2.75) is 26.2 Å². The highest BCUT2D eigenvalue weighted by molar-refractivity contribution is 5.93. The lowest BCUT2D eigenvalue weighted by Gasteiger charge is -2.22. The van der Waals surface area contributed by atoms with E-state index in [1.54, 1.807) is 0 Å². The molecule has 0 fully saturated rings. The molecular formula is C12H14O3. The topological polar surface area (TPSA) is 35.5 Å². The number of ether oxygens (including phenoxy) is 2. The summed E-state index contributed by atoms with van der Waals surface area (Å²) in [4.78, 5) is 11.5. The molecule has 1 aliphatic rings. The molecule has 3 nitrogen and oxygen atoms in total. The molecule has 3 heteroatoms. The first-order valence-electron chi connectivity index (χ1n) is 4.93. The van der Waals surface area contributed by atoms with Gasteiger partial charge in [-0.05, 0) is 23.1 Å². The monoisotopic (exact) mass is 206 g/mol. The van der Waals surface area contributed by atoms with Crippen LogP contribution >= 0.6 is 0 Å². The Morgan fingerprint density at radius 3 is 2.60 bits per heavy atom. The fraction of sp³-hybridized carbons (Fsp3) is 0.417. The Bertz CT molecular complexity index is 402. The van der Waals surface area contributed by atoms with Crippen molar-refractivity contribution in [1.82, 2.24) is 0 Å². The second-order valence-corrected chi connectivity index (χ2v) is 4.65. The summed E-state index contributed by atoms with van der Waals surface area (Å²) in [7, 11) is 0. The Morgan fingerprint density at radius 2 is 1.93 bits per heavy atom. The molecule has 0 atom stereocenters. The number of cyclic esters (lactones) is 1. The van der Waals surface area contributed by atoms with Gasteiger partial charge in [0.2, 0.25) is 6.79 Å². The van der Waals surface area contributed by atoms with Crippen molar-refractivity contribution in [3.63, 3.8) is 0 Å². The maximum absolute atomic E-state index is 11.5. The molecule has 0 aliphatic carbocycles. The predicted octanol–water partition coefficient (Wildman–Crippen LogP) is 2.49. The van der Waals surface area contributed by atoms with Crippen molar-refractivity contribution in [2.24, 2.45) is 0 Å². The second-order valence-electron chi connectivity index (χ2n) is 4.65. The zero-order valence-electron chi connectivity index (χ0n) is 9.16. The van der Waals surface area contributed by atoms with Crippen LogP contribution in [0.5, 0.6) is 5.75 Å². The lowest BCUT2D eigenvalue weighted by atomic mass is 9.86. The third-order valence-electron chi connectivity index (χ3n) is 2.47. The maximum Gasteiger partial charge on any atom is 0.344 e. The van der Waals surface area contributed by atoms with E-state index in [1.807, 2.05) is 18.2 Å². The Kier molecular flexibility index (Phi) is 2.18. The van der Waals surface area contributed by atoms with Crippen LogP contribution in [0.2, 0.25) is 0 Å². The van der Waals surface area contributed by atoms with Gasteiger partial charge < -0.3 is 9.47 Å². The standard InChI is InChI=1S/C12H14O3/c1-12(2,3)8-4-5-10-9(6-8)11(13)15-7-14-10/h4-6H,7H2,1-3H3. The van der Waals surface area contributed by atoms with E-state index in [9.17, 15) is 4.79 Å². The molecule has 1 aromatic carbocycles. The second kappa shape index (κ2) is 3.26. The number of rotatable bonds is 0. The summed E-state index contributed by atoms with van der Waals surface area (Å²) in [5.41, 5.74) is 1.64. The van der Waals surface area contributed by atoms with Crippen LogP contribution in [0.1, 0.15) is 36.7 Å². The van der Waals surface area contributed by atoms with E-state index in [1.165, 1.54) is 0 Å². The van der Waals surface area contributed by atoms with Gasteiger partial charge in [0.25, 0.3) is 0 Å². The van der Waals surface area contributed by atoms with Gasteiger partial charge in [-0.3, -0.25) is 0 Å². The summed E-state index contributed by atoms with van der Waals surface area (Å²) in [6, 6.07) is 5.66. The van der Waals surface area contributed by atoms with Crippen molar-refractivity contribution >= 4 is 5.97 Å². The molecule has 0 amide bonds. The van der Waals surface area contributed by atoms with Gasteiger partial charge in [0.05, 0.1) is 0 Å². The molecule has 0 spiro atoms. The number of benzene rings is 1. The maximum atomic E-state index is 11.5. The predicted molar refractivity (Wildman–Crippen MR) is 56.1 cm³/mol. The van der Waals surface area contributed by atoms with Gasteiger partial charge in [-0.25, -0.2) is 4.79 Å². The Balaban J connectivity index is 2.49. The molecule has 0 bridgehead atoms. The molecule has 0 aromatic heterocycles. The van der Waals surface area contributed by atoms with E-state index in [2.05, 4.69) is 20.8 Å². The summed E-state index contributed by atoms with van der Waals surface area (Å²) < 4.78 is 10.0. The zero-order chi connectivity index (χ0) is 11.1. The fourth-order valence-electron chi connectivity index (χ4n) is 1.51. The van der Waals surface area contributed by atoms with Crippen molar-refractivity contribution in [3.8, 4) is 5.75 Å². The van der Waals surface area contributed by atoms with Crippen LogP contribution in [0.25, 0.3) is 0 Å². The minimum atomic E-state index is -0.303. The molecule has 0 unspecified atom stereocenters. The summed E-state index contributed by atoms with van der Waals surface area (Å²) in [5, 5.41) is 0. The highest BCUT2D eigenvalue weighted by atomic mass is 16.7. The quantitative estimate of drug-likeness (QED) is 0.612. The van der Waals surface area contributed by atoms with Gasteiger partial charge in [0, 0.05) is 0 Å². The number of hydrogen-bond donors (Lipinski definition) is 0. The summed E-state index contributed by atoms with van der Waals surface area (Å²) in [6.07, 6.45) is 0. The SMILES string of the molecule is CC(C)(C)c1ccc2c(c1)C(=O)OCO2. The molecular weight excluding hydrogens is 192 g/mol. The van der Waals surface area contributed by atoms with Crippen molar-refractivity contribution < 1.29 is 14.3 Å². The lowest BCUT2D eigenvalue weighted by Crippen LogP contribution is -2.20. The first-order valence-corrected chi connectivity index (χ1v) is 4.93. The van der Waals surface area contributed by atoms with E-state index in [-0.39, 0.29) is 18.2 Å². The molecule has 1 aromatic rings. The zero-order valence-corrected chi connectivity index (χ0v) is 9.16. The molecule has 15 heavy (non-hydrogen) atoms. The van der Waals surface area contributed by atoms with E-state index < -0.39 is 0 Å². The highest BCUT2D eigenvalue weighted by Gasteiger charge is 2.23. The Labute approximate surface area is 89.0 Å². The molecule has 1 aliphatic heterocycles. The van der Waals surface area contributed by atoms with Crippen LogP contribution in [0, 0.1) is 0 Å². The molecule has 2 rings (SSSR count). The molecule has 0 saturated carbocycles. The summed E-state index contributed by atoms with van der Waals surface area (Å²) >= 11 is 0. The van der Waals surface area contributed by atoms with E-state index in [0.29, 0.717) is 11.3 Å². The van der Waals surface area contributed by atoms with Gasteiger partial charge >= 0.3 is 5.97 Å². The van der Waals surface area contributed by atoms with Crippen molar-refractivity contribution in [3.05, 3.63) is 29.3 Å². The molecule has 0 saturated heterocycles. The molecule has 1 heterocycles. The van der Waals surface area contributed by atoms with Crippen LogP contribution in [0.15, 0.2) is 18.2 Å². The van der Waals surface area contributed by atoms with Gasteiger partial charge in [-0.2, -0.15) is 0 Å². The minimum absolute atomic E-state index is 0.0146. The van der Waals surface area contributed by atoms with Gasteiger partial charge in [0.1, 0.15) is 11.3 Å². The number of carbonyl (C=O) groups is 1. The number of carbonyl (C=O) groups excluding carboxylic acids is 1. The van der Waals surface area contributed by atoms with Gasteiger partial charge in [-0.15, -0.1) is 0 Å². The average Bonchev–Trinajstić information content (AvgIpc) is 2.16. The highest BCUT2D eigenvalue weighted by Crippen LogP contribution is 2.30. The van der Waals surface area contributed by atoms with Crippen LogP contribution in [-0.4, -0.2) is 12.8 Å². The van der Waals surface area contributed by atoms with Gasteiger partial charge in [-0.1, -0.05) is 26.8 Å². The van der Waals surface area contributed by atoms with Crippen LogP contribution < -0.4 is 4.74 Å². The summed E-state index contributed by atoms with van der Waals surface area (Å²) in [6.45, 7) is 6.32. The largest absolute Gasteiger partial charge is 0.456 e. The molecule has 80 valence electrons. The van der Waals surface area contributed by atoms with E-state index in [4.69, 9.17) is 9.47 Å². The first-order chi connectivity index (χ1) is 6.98. The molecule has 0 radical (unpaired) electrons. The normalized spacial score (nSPS) is 15.3. The van der Waals surface area contributed by atoms with Gasteiger partial charge in [0.15, 0.2) is 0 Å². The van der Waals surface area contributed by atoms with Crippen molar-refractivity contribution in [2.75, 3.05) is 6.79 Å². The number of esters is 1. The minimum Gasteiger partial charge on any atom is -0.456 e. The first kappa shape index (κ1) is 10.0.